The highest BCUT2D eigenvalue weighted by Gasteiger charge is 2.08. The summed E-state index contributed by atoms with van der Waals surface area (Å²) in [7, 11) is 1.59. The average molecular weight is 322 g/mol. The van der Waals surface area contributed by atoms with E-state index in [1.165, 1.54) is 5.56 Å². The molecule has 0 aliphatic heterocycles. The van der Waals surface area contributed by atoms with Crippen molar-refractivity contribution in [3.63, 3.8) is 0 Å². The first-order valence-electron chi connectivity index (χ1n) is 6.06. The SMILES string of the molecule is COc1nc(NCC(C)c2ccccc2)ncc1Br. The zero-order valence-corrected chi connectivity index (χ0v) is 12.5. The van der Waals surface area contributed by atoms with Gasteiger partial charge in [0.2, 0.25) is 11.8 Å². The minimum absolute atomic E-state index is 0.388. The number of benzene rings is 1. The lowest BCUT2D eigenvalue weighted by molar-refractivity contribution is 0.394. The molecule has 2 rings (SSSR count). The molecular formula is C14H16BrN3O. The summed E-state index contributed by atoms with van der Waals surface area (Å²) < 4.78 is 5.89. The Kier molecular flexibility index (Phi) is 4.74. The van der Waals surface area contributed by atoms with Crippen LogP contribution in [0.3, 0.4) is 0 Å². The number of rotatable bonds is 5. The van der Waals surface area contributed by atoms with Crippen molar-refractivity contribution in [1.82, 2.24) is 9.97 Å². The van der Waals surface area contributed by atoms with Crippen LogP contribution < -0.4 is 10.1 Å². The van der Waals surface area contributed by atoms with E-state index in [1.807, 2.05) is 18.2 Å². The van der Waals surface area contributed by atoms with Crippen molar-refractivity contribution in [2.45, 2.75) is 12.8 Å². The Morgan fingerprint density at radius 2 is 2.05 bits per heavy atom. The number of nitrogens with zero attached hydrogens (tertiary/aromatic N) is 2. The summed E-state index contributed by atoms with van der Waals surface area (Å²) in [6.45, 7) is 2.94. The van der Waals surface area contributed by atoms with E-state index in [4.69, 9.17) is 4.74 Å². The lowest BCUT2D eigenvalue weighted by atomic mass is 10.0. The van der Waals surface area contributed by atoms with Crippen molar-refractivity contribution in [1.29, 1.82) is 0 Å². The number of methoxy groups -OCH3 is 1. The van der Waals surface area contributed by atoms with E-state index in [1.54, 1.807) is 13.3 Å². The topological polar surface area (TPSA) is 47.0 Å². The third-order valence-corrected chi connectivity index (χ3v) is 3.38. The van der Waals surface area contributed by atoms with Gasteiger partial charge < -0.3 is 10.1 Å². The summed E-state index contributed by atoms with van der Waals surface area (Å²) in [5, 5.41) is 3.22. The number of ether oxygens (including phenoxy) is 1. The second-order valence-corrected chi connectivity index (χ2v) is 5.10. The molecular weight excluding hydrogens is 306 g/mol. The highest BCUT2D eigenvalue weighted by atomic mass is 79.9. The summed E-state index contributed by atoms with van der Waals surface area (Å²) in [5.74, 6) is 1.49. The molecule has 0 radical (unpaired) electrons. The molecule has 4 nitrogen and oxygen atoms in total. The third kappa shape index (κ3) is 3.67. The standard InChI is InChI=1S/C14H16BrN3O/c1-10(11-6-4-3-5-7-11)8-16-14-17-9-12(15)13(18-14)19-2/h3-7,9-10H,8H2,1-2H3,(H,16,17,18). The smallest absolute Gasteiger partial charge is 0.232 e. The Hall–Kier alpha value is -1.62. The van der Waals surface area contributed by atoms with Crippen LogP contribution in [0.5, 0.6) is 5.88 Å². The maximum atomic E-state index is 5.14. The van der Waals surface area contributed by atoms with Crippen LogP contribution in [0, 0.1) is 0 Å². The predicted molar refractivity (Wildman–Crippen MR) is 79.6 cm³/mol. The molecule has 0 bridgehead atoms. The summed E-state index contributed by atoms with van der Waals surface area (Å²) >= 11 is 3.33. The summed E-state index contributed by atoms with van der Waals surface area (Å²) in [5.41, 5.74) is 1.29. The molecule has 0 aliphatic rings. The Morgan fingerprint density at radius 1 is 1.32 bits per heavy atom. The van der Waals surface area contributed by atoms with Crippen LogP contribution in [0.25, 0.3) is 0 Å². The zero-order chi connectivity index (χ0) is 13.7. The minimum atomic E-state index is 0.388. The van der Waals surface area contributed by atoms with Crippen molar-refractivity contribution in [3.05, 3.63) is 46.6 Å². The van der Waals surface area contributed by atoms with E-state index in [0.717, 1.165) is 11.0 Å². The van der Waals surface area contributed by atoms with Gasteiger partial charge >= 0.3 is 0 Å². The fraction of sp³-hybridized carbons (Fsp3) is 0.286. The third-order valence-electron chi connectivity index (χ3n) is 2.84. The molecule has 1 unspecified atom stereocenters. The van der Waals surface area contributed by atoms with Crippen LogP contribution in [0.1, 0.15) is 18.4 Å². The molecule has 0 saturated heterocycles. The molecule has 0 fully saturated rings. The van der Waals surface area contributed by atoms with Gasteiger partial charge in [-0.2, -0.15) is 4.98 Å². The molecule has 1 aromatic carbocycles. The highest BCUT2D eigenvalue weighted by molar-refractivity contribution is 9.10. The van der Waals surface area contributed by atoms with Gasteiger partial charge in [0.05, 0.1) is 17.8 Å². The van der Waals surface area contributed by atoms with E-state index >= 15 is 0 Å². The van der Waals surface area contributed by atoms with Gasteiger partial charge in [-0.3, -0.25) is 0 Å². The van der Waals surface area contributed by atoms with Crippen molar-refractivity contribution >= 4 is 21.9 Å². The molecule has 5 heteroatoms. The Balaban J connectivity index is 1.99. The van der Waals surface area contributed by atoms with E-state index in [2.05, 4.69) is 50.3 Å². The van der Waals surface area contributed by atoms with Gasteiger partial charge in [-0.25, -0.2) is 4.98 Å². The fourth-order valence-corrected chi connectivity index (χ4v) is 2.08. The minimum Gasteiger partial charge on any atom is -0.480 e. The summed E-state index contributed by atoms with van der Waals surface area (Å²) in [6, 6.07) is 10.4. The van der Waals surface area contributed by atoms with Gasteiger partial charge in [-0.1, -0.05) is 37.3 Å². The van der Waals surface area contributed by atoms with Gasteiger partial charge in [-0.15, -0.1) is 0 Å². The van der Waals surface area contributed by atoms with Gasteiger partial charge in [0.15, 0.2) is 0 Å². The van der Waals surface area contributed by atoms with Crippen LogP contribution in [0.2, 0.25) is 0 Å². The van der Waals surface area contributed by atoms with Crippen molar-refractivity contribution in [3.8, 4) is 5.88 Å². The van der Waals surface area contributed by atoms with Crippen LogP contribution in [-0.2, 0) is 0 Å². The van der Waals surface area contributed by atoms with E-state index in [9.17, 15) is 0 Å². The Bertz CT molecular complexity index is 533. The Labute approximate surface area is 121 Å². The molecule has 100 valence electrons. The predicted octanol–water partition coefficient (Wildman–Crippen LogP) is 3.46. The molecule has 0 spiro atoms. The van der Waals surface area contributed by atoms with E-state index < -0.39 is 0 Å². The first-order chi connectivity index (χ1) is 9.20. The van der Waals surface area contributed by atoms with Crippen LogP contribution in [0.15, 0.2) is 41.0 Å². The summed E-state index contributed by atoms with van der Waals surface area (Å²) in [6.07, 6.45) is 1.68. The number of halogens is 1. The second-order valence-electron chi connectivity index (χ2n) is 4.24. The monoisotopic (exact) mass is 321 g/mol. The van der Waals surface area contributed by atoms with Crippen LogP contribution >= 0.6 is 15.9 Å². The van der Waals surface area contributed by atoms with Crippen LogP contribution in [0.4, 0.5) is 5.95 Å². The van der Waals surface area contributed by atoms with Crippen LogP contribution in [-0.4, -0.2) is 23.6 Å². The summed E-state index contributed by atoms with van der Waals surface area (Å²) in [4.78, 5) is 8.47. The van der Waals surface area contributed by atoms with E-state index in [-0.39, 0.29) is 0 Å². The number of hydrogen-bond donors (Lipinski definition) is 1. The number of hydrogen-bond acceptors (Lipinski definition) is 4. The fourth-order valence-electron chi connectivity index (χ4n) is 1.72. The molecule has 0 aliphatic carbocycles. The maximum Gasteiger partial charge on any atom is 0.232 e. The molecule has 1 atom stereocenters. The first kappa shape index (κ1) is 13.8. The number of anilines is 1. The Morgan fingerprint density at radius 3 is 2.74 bits per heavy atom. The largest absolute Gasteiger partial charge is 0.480 e. The van der Waals surface area contributed by atoms with Crippen molar-refractivity contribution in [2.24, 2.45) is 0 Å². The lowest BCUT2D eigenvalue weighted by Crippen LogP contribution is -2.12. The zero-order valence-electron chi connectivity index (χ0n) is 10.9. The average Bonchev–Trinajstić information content (AvgIpc) is 2.47. The van der Waals surface area contributed by atoms with Gasteiger partial charge in [-0.05, 0) is 27.4 Å². The maximum absolute atomic E-state index is 5.14. The van der Waals surface area contributed by atoms with Crippen molar-refractivity contribution < 1.29 is 4.74 Å². The quantitative estimate of drug-likeness (QED) is 0.916. The molecule has 2 aromatic rings. The lowest BCUT2D eigenvalue weighted by Gasteiger charge is -2.13. The first-order valence-corrected chi connectivity index (χ1v) is 6.85. The van der Waals surface area contributed by atoms with Gasteiger partial charge in [0.25, 0.3) is 0 Å². The van der Waals surface area contributed by atoms with Gasteiger partial charge in [0, 0.05) is 6.54 Å². The molecule has 0 amide bonds. The highest BCUT2D eigenvalue weighted by Crippen LogP contribution is 2.22. The van der Waals surface area contributed by atoms with E-state index in [0.29, 0.717) is 17.7 Å². The normalized spacial score (nSPS) is 11.9. The molecule has 1 aromatic heterocycles. The number of nitrogens with one attached hydrogen (secondary N) is 1. The van der Waals surface area contributed by atoms with Crippen molar-refractivity contribution in [2.75, 3.05) is 19.0 Å². The van der Waals surface area contributed by atoms with Gasteiger partial charge in [0.1, 0.15) is 0 Å². The molecule has 0 saturated carbocycles. The molecule has 1 heterocycles. The molecule has 1 N–H and O–H groups in total. The second kappa shape index (κ2) is 6.52. The molecule has 19 heavy (non-hydrogen) atoms. The number of aromatic nitrogens is 2.